The largest absolute Gasteiger partial charge is 0.454 e. The first kappa shape index (κ1) is 12.4. The van der Waals surface area contributed by atoms with Crippen LogP contribution in [0.4, 0.5) is 10.1 Å². The van der Waals surface area contributed by atoms with Gasteiger partial charge in [-0.2, -0.15) is 5.26 Å². The fourth-order valence-electron chi connectivity index (χ4n) is 1.37. The van der Waals surface area contributed by atoms with E-state index in [0.29, 0.717) is 27.2 Å². The van der Waals surface area contributed by atoms with Crippen LogP contribution in [0.25, 0.3) is 0 Å². The molecule has 0 saturated heterocycles. The Kier molecular flexibility index (Phi) is 3.49. The molecule has 0 saturated carbocycles. The Bertz CT molecular complexity index is 637. The first-order valence-corrected chi connectivity index (χ1v) is 5.82. The number of hydrogen-bond donors (Lipinski definition) is 1. The van der Waals surface area contributed by atoms with E-state index in [0.717, 1.165) is 0 Å². The van der Waals surface area contributed by atoms with Crippen LogP contribution < -0.4 is 10.5 Å². The third-order valence-corrected chi connectivity index (χ3v) is 2.88. The number of halogens is 2. The number of nitrogens with two attached hydrogens (primary N) is 1. The van der Waals surface area contributed by atoms with E-state index in [4.69, 9.17) is 15.7 Å². The van der Waals surface area contributed by atoms with E-state index < -0.39 is 0 Å². The van der Waals surface area contributed by atoms with Crippen molar-refractivity contribution >= 4 is 21.6 Å². The highest BCUT2D eigenvalue weighted by molar-refractivity contribution is 9.10. The minimum absolute atomic E-state index is 0.362. The van der Waals surface area contributed by atoms with Gasteiger partial charge in [0.25, 0.3) is 0 Å². The van der Waals surface area contributed by atoms with Gasteiger partial charge >= 0.3 is 0 Å². The number of nitriles is 1. The first-order valence-electron chi connectivity index (χ1n) is 5.02. The summed E-state index contributed by atoms with van der Waals surface area (Å²) in [6.45, 7) is 0. The molecule has 2 aromatic rings. The second-order valence-corrected chi connectivity index (χ2v) is 4.40. The highest BCUT2D eigenvalue weighted by atomic mass is 79.9. The summed E-state index contributed by atoms with van der Waals surface area (Å²) in [6.07, 6.45) is 0. The van der Waals surface area contributed by atoms with Crippen molar-refractivity contribution in [3.8, 4) is 17.6 Å². The van der Waals surface area contributed by atoms with Crippen molar-refractivity contribution in [2.45, 2.75) is 0 Å². The predicted octanol–water partition coefficient (Wildman–Crippen LogP) is 3.83. The van der Waals surface area contributed by atoms with Gasteiger partial charge in [0.15, 0.2) is 5.75 Å². The molecule has 0 aliphatic carbocycles. The van der Waals surface area contributed by atoms with Gasteiger partial charge in [-0.15, -0.1) is 0 Å². The molecule has 0 bridgehead atoms. The monoisotopic (exact) mass is 306 g/mol. The maximum atomic E-state index is 12.9. The zero-order valence-corrected chi connectivity index (χ0v) is 10.7. The molecule has 5 heteroatoms. The van der Waals surface area contributed by atoms with Crippen molar-refractivity contribution < 1.29 is 9.13 Å². The molecule has 0 atom stereocenters. The van der Waals surface area contributed by atoms with Crippen LogP contribution in [-0.4, -0.2) is 0 Å². The van der Waals surface area contributed by atoms with Gasteiger partial charge < -0.3 is 10.5 Å². The second-order valence-electron chi connectivity index (χ2n) is 3.54. The zero-order valence-electron chi connectivity index (χ0n) is 9.15. The molecular weight excluding hydrogens is 299 g/mol. The number of benzene rings is 2. The van der Waals surface area contributed by atoms with Crippen molar-refractivity contribution in [3.05, 3.63) is 52.3 Å². The van der Waals surface area contributed by atoms with Crippen molar-refractivity contribution in [1.29, 1.82) is 5.26 Å². The molecule has 18 heavy (non-hydrogen) atoms. The summed E-state index contributed by atoms with van der Waals surface area (Å²) in [6, 6.07) is 10.8. The third kappa shape index (κ3) is 2.60. The molecular formula is C13H8BrFN2O. The van der Waals surface area contributed by atoms with Gasteiger partial charge in [-0.1, -0.05) is 0 Å². The lowest BCUT2D eigenvalue weighted by atomic mass is 10.2. The number of ether oxygens (including phenoxy) is 1. The Morgan fingerprint density at radius 2 is 1.94 bits per heavy atom. The molecule has 2 aromatic carbocycles. The summed E-state index contributed by atoms with van der Waals surface area (Å²) in [4.78, 5) is 0. The van der Waals surface area contributed by atoms with Crippen molar-refractivity contribution in [3.63, 3.8) is 0 Å². The molecule has 90 valence electrons. The summed E-state index contributed by atoms with van der Waals surface area (Å²) >= 11 is 3.19. The molecule has 0 aromatic heterocycles. The second kappa shape index (κ2) is 5.07. The van der Waals surface area contributed by atoms with E-state index in [1.54, 1.807) is 12.1 Å². The molecule has 2 N–H and O–H groups in total. The molecule has 0 amide bonds. The van der Waals surface area contributed by atoms with E-state index in [1.165, 1.54) is 24.3 Å². The number of nitrogens with zero attached hydrogens (tertiary/aromatic N) is 1. The molecule has 2 rings (SSSR count). The maximum Gasteiger partial charge on any atom is 0.151 e. The number of nitrogen functional groups attached to an aromatic ring is 1. The van der Waals surface area contributed by atoms with Gasteiger partial charge in [0, 0.05) is 6.07 Å². The minimum Gasteiger partial charge on any atom is -0.454 e. The zero-order chi connectivity index (χ0) is 13.1. The van der Waals surface area contributed by atoms with E-state index in [-0.39, 0.29) is 5.82 Å². The highest BCUT2D eigenvalue weighted by Crippen LogP contribution is 2.33. The molecule has 0 heterocycles. The lowest BCUT2D eigenvalue weighted by molar-refractivity contribution is 0.479. The van der Waals surface area contributed by atoms with E-state index in [2.05, 4.69) is 15.9 Å². The molecule has 0 aliphatic rings. The Balaban J connectivity index is 2.37. The first-order chi connectivity index (χ1) is 8.60. The molecule has 0 fully saturated rings. The topological polar surface area (TPSA) is 59.0 Å². The van der Waals surface area contributed by atoms with Gasteiger partial charge in [-0.3, -0.25) is 0 Å². The smallest absolute Gasteiger partial charge is 0.151 e. The SMILES string of the molecule is N#Cc1ccc(N)c(Oc2ccc(F)cc2Br)c1. The summed E-state index contributed by atoms with van der Waals surface area (Å²) in [5.74, 6) is 0.424. The van der Waals surface area contributed by atoms with Crippen LogP contribution in [0.2, 0.25) is 0 Å². The fraction of sp³-hybridized carbons (Fsp3) is 0. The third-order valence-electron chi connectivity index (χ3n) is 2.26. The van der Waals surface area contributed by atoms with Gasteiger partial charge in [0.1, 0.15) is 11.6 Å². The Morgan fingerprint density at radius 1 is 1.17 bits per heavy atom. The Labute approximate surface area is 112 Å². The average molecular weight is 307 g/mol. The maximum absolute atomic E-state index is 12.9. The number of anilines is 1. The molecule has 0 aliphatic heterocycles. The molecule has 0 spiro atoms. The van der Waals surface area contributed by atoms with E-state index in [1.807, 2.05) is 6.07 Å². The lowest BCUT2D eigenvalue weighted by Crippen LogP contribution is -1.93. The van der Waals surface area contributed by atoms with Crippen LogP contribution in [0.5, 0.6) is 11.5 Å². The highest BCUT2D eigenvalue weighted by Gasteiger charge is 2.07. The van der Waals surface area contributed by atoms with Crippen molar-refractivity contribution in [2.75, 3.05) is 5.73 Å². The standard InChI is InChI=1S/C13H8BrFN2O/c14-10-6-9(15)2-4-12(10)18-13-5-8(7-16)1-3-11(13)17/h1-6H,17H2. The molecule has 0 unspecified atom stereocenters. The van der Waals surface area contributed by atoms with Crippen LogP contribution in [0.3, 0.4) is 0 Å². The van der Waals surface area contributed by atoms with Crippen molar-refractivity contribution in [2.24, 2.45) is 0 Å². The van der Waals surface area contributed by atoms with Crippen LogP contribution in [0.1, 0.15) is 5.56 Å². The minimum atomic E-state index is -0.368. The van der Waals surface area contributed by atoms with Gasteiger partial charge in [0.2, 0.25) is 0 Å². The van der Waals surface area contributed by atoms with E-state index in [9.17, 15) is 4.39 Å². The normalized spacial score (nSPS) is 9.83. The van der Waals surface area contributed by atoms with E-state index >= 15 is 0 Å². The lowest BCUT2D eigenvalue weighted by Gasteiger charge is -2.10. The number of rotatable bonds is 2. The predicted molar refractivity (Wildman–Crippen MR) is 69.7 cm³/mol. The average Bonchev–Trinajstić information content (AvgIpc) is 2.35. The Hall–Kier alpha value is -2.06. The van der Waals surface area contributed by atoms with Crippen LogP contribution in [0.15, 0.2) is 40.9 Å². The number of hydrogen-bond acceptors (Lipinski definition) is 3. The Morgan fingerprint density at radius 3 is 2.61 bits per heavy atom. The summed E-state index contributed by atoms with van der Waals surface area (Å²) in [5, 5.41) is 8.80. The van der Waals surface area contributed by atoms with Crippen LogP contribution in [0, 0.1) is 17.1 Å². The molecule has 3 nitrogen and oxygen atoms in total. The van der Waals surface area contributed by atoms with Crippen LogP contribution in [-0.2, 0) is 0 Å². The summed E-state index contributed by atoms with van der Waals surface area (Å²) in [7, 11) is 0. The van der Waals surface area contributed by atoms with Gasteiger partial charge in [0.05, 0.1) is 21.8 Å². The summed E-state index contributed by atoms with van der Waals surface area (Å²) in [5.41, 5.74) is 6.60. The van der Waals surface area contributed by atoms with Crippen LogP contribution >= 0.6 is 15.9 Å². The fourth-order valence-corrected chi connectivity index (χ4v) is 1.80. The van der Waals surface area contributed by atoms with Gasteiger partial charge in [-0.25, -0.2) is 4.39 Å². The van der Waals surface area contributed by atoms with Gasteiger partial charge in [-0.05, 0) is 46.3 Å². The summed E-state index contributed by atoms with van der Waals surface area (Å²) < 4.78 is 19.0. The molecule has 0 radical (unpaired) electrons. The quantitative estimate of drug-likeness (QED) is 0.858. The van der Waals surface area contributed by atoms with Crippen molar-refractivity contribution in [1.82, 2.24) is 0 Å².